The second kappa shape index (κ2) is 68.6. The van der Waals surface area contributed by atoms with Crippen LogP contribution in [0.15, 0.2) is 36.5 Å². The van der Waals surface area contributed by atoms with E-state index in [2.05, 4.69) is 43.5 Å². The number of hydrogen-bond acceptors (Lipinski definition) is 5. The molecule has 6 nitrogen and oxygen atoms in total. The smallest absolute Gasteiger partial charge is 0.305 e. The number of rotatable bonds is 67. The summed E-state index contributed by atoms with van der Waals surface area (Å²) in [7, 11) is 0. The molecule has 79 heavy (non-hydrogen) atoms. The first-order chi connectivity index (χ1) is 39.0. The number of aliphatic hydroxyl groups is 2. The van der Waals surface area contributed by atoms with Crippen LogP contribution in [0.4, 0.5) is 0 Å². The predicted octanol–water partition coefficient (Wildman–Crippen LogP) is 23.1. The fraction of sp³-hybridized carbons (Fsp3) is 0.890. The second-order valence-electron chi connectivity index (χ2n) is 24.6. The topological polar surface area (TPSA) is 95.9 Å². The maximum Gasteiger partial charge on any atom is 0.305 e. The first-order valence-electron chi connectivity index (χ1n) is 35.8. The van der Waals surface area contributed by atoms with Crippen LogP contribution in [-0.4, -0.2) is 47.4 Å². The fourth-order valence-corrected chi connectivity index (χ4v) is 11.2. The third-order valence-electron chi connectivity index (χ3n) is 16.6. The maximum atomic E-state index is 12.5. The van der Waals surface area contributed by atoms with Gasteiger partial charge in [-0.2, -0.15) is 0 Å². The van der Waals surface area contributed by atoms with Gasteiger partial charge in [0, 0.05) is 12.8 Å². The summed E-state index contributed by atoms with van der Waals surface area (Å²) < 4.78 is 5.50. The quantitative estimate of drug-likeness (QED) is 0.0320. The first-order valence-corrected chi connectivity index (χ1v) is 35.8. The Labute approximate surface area is 494 Å². The summed E-state index contributed by atoms with van der Waals surface area (Å²) in [5.41, 5.74) is 0. The summed E-state index contributed by atoms with van der Waals surface area (Å²) in [6.45, 7) is 4.93. The summed E-state index contributed by atoms with van der Waals surface area (Å²) in [6, 6.07) is -0.635. The fourth-order valence-electron chi connectivity index (χ4n) is 11.2. The van der Waals surface area contributed by atoms with E-state index in [-0.39, 0.29) is 18.5 Å². The summed E-state index contributed by atoms with van der Waals surface area (Å²) in [4.78, 5) is 24.6. The number of hydrogen-bond donors (Lipinski definition) is 3. The van der Waals surface area contributed by atoms with Gasteiger partial charge in [-0.1, -0.05) is 333 Å². The van der Waals surface area contributed by atoms with E-state index < -0.39 is 12.1 Å². The number of amides is 1. The highest BCUT2D eigenvalue weighted by Crippen LogP contribution is 2.18. The van der Waals surface area contributed by atoms with Crippen molar-refractivity contribution in [2.45, 2.75) is 405 Å². The molecular formula is C73H139NO5. The van der Waals surface area contributed by atoms with E-state index in [0.29, 0.717) is 19.4 Å². The Balaban J connectivity index is 3.44. The zero-order chi connectivity index (χ0) is 57.1. The van der Waals surface area contributed by atoms with Crippen molar-refractivity contribution in [1.29, 1.82) is 0 Å². The molecule has 0 spiro atoms. The number of carbonyl (C=O) groups is 2. The Bertz CT molecular complexity index is 1280. The van der Waals surface area contributed by atoms with Gasteiger partial charge in [-0.15, -0.1) is 0 Å². The van der Waals surface area contributed by atoms with Gasteiger partial charge in [0.25, 0.3) is 0 Å². The van der Waals surface area contributed by atoms with Crippen molar-refractivity contribution in [3.05, 3.63) is 36.5 Å². The van der Waals surface area contributed by atoms with Crippen LogP contribution >= 0.6 is 0 Å². The number of nitrogens with one attached hydrogen (secondary N) is 1. The molecular weight excluding hydrogens is 971 g/mol. The molecule has 0 aliphatic heterocycles. The molecule has 0 heterocycles. The number of aliphatic hydroxyl groups excluding tert-OH is 2. The average Bonchev–Trinajstić information content (AvgIpc) is 3.45. The number of esters is 1. The van der Waals surface area contributed by atoms with Crippen molar-refractivity contribution < 1.29 is 24.5 Å². The number of allylic oxidation sites excluding steroid dienone is 5. The standard InChI is InChI=1S/C73H139NO5/c1-3-5-7-9-11-13-15-17-19-21-22-23-24-27-30-34-37-41-45-49-53-57-61-65-71(76)70(69-75)74-72(77)66-62-58-54-50-46-42-38-35-31-28-25-26-29-32-36-40-44-48-52-56-60-64-68-79-73(78)67-63-59-55-51-47-43-39-33-20-18-16-14-12-10-8-6-4-2/h18,20,28,31,61,65,70-71,75-76H,3-17,19,21-27,29-30,32-60,62-64,66-69H2,1-2H3,(H,74,77)/b20-18-,31-28-,65-61+. The summed E-state index contributed by atoms with van der Waals surface area (Å²) in [5, 5.41) is 23.3. The molecule has 3 N–H and O–H groups in total. The molecule has 0 radical (unpaired) electrons. The van der Waals surface area contributed by atoms with Gasteiger partial charge in [0.2, 0.25) is 5.91 Å². The average molecular weight is 1110 g/mol. The molecule has 0 aromatic heterocycles. The molecule has 0 rings (SSSR count). The van der Waals surface area contributed by atoms with E-state index in [1.54, 1.807) is 6.08 Å². The molecule has 2 atom stereocenters. The zero-order valence-electron chi connectivity index (χ0n) is 53.4. The van der Waals surface area contributed by atoms with Crippen molar-refractivity contribution in [2.75, 3.05) is 13.2 Å². The van der Waals surface area contributed by atoms with Gasteiger partial charge in [0.15, 0.2) is 0 Å². The highest BCUT2D eigenvalue weighted by atomic mass is 16.5. The first kappa shape index (κ1) is 77.1. The second-order valence-corrected chi connectivity index (χ2v) is 24.6. The molecule has 2 unspecified atom stereocenters. The minimum absolute atomic E-state index is 0.00671. The molecule has 0 saturated carbocycles. The van der Waals surface area contributed by atoms with E-state index in [9.17, 15) is 19.8 Å². The molecule has 0 bridgehead atoms. The number of carbonyl (C=O) groups excluding carboxylic acids is 2. The van der Waals surface area contributed by atoms with Gasteiger partial charge in [-0.05, 0) is 83.5 Å². The normalized spacial score (nSPS) is 12.7. The van der Waals surface area contributed by atoms with E-state index in [0.717, 1.165) is 51.4 Å². The van der Waals surface area contributed by atoms with Crippen LogP contribution in [0.1, 0.15) is 393 Å². The molecule has 0 aromatic rings. The number of unbranched alkanes of at least 4 members (excludes halogenated alkanes) is 52. The monoisotopic (exact) mass is 1110 g/mol. The molecule has 0 aliphatic rings. The zero-order valence-corrected chi connectivity index (χ0v) is 53.4. The molecule has 6 heteroatoms. The van der Waals surface area contributed by atoms with Crippen LogP contribution in [0, 0.1) is 0 Å². The third-order valence-corrected chi connectivity index (χ3v) is 16.6. The van der Waals surface area contributed by atoms with Crippen LogP contribution in [0.3, 0.4) is 0 Å². The molecule has 0 fully saturated rings. The Morgan fingerprint density at radius 2 is 0.595 bits per heavy atom. The Morgan fingerprint density at radius 3 is 0.899 bits per heavy atom. The van der Waals surface area contributed by atoms with Gasteiger partial charge >= 0.3 is 5.97 Å². The van der Waals surface area contributed by atoms with E-state index in [4.69, 9.17) is 4.74 Å². The summed E-state index contributed by atoms with van der Waals surface area (Å²) in [6.07, 6.45) is 87.9. The lowest BCUT2D eigenvalue weighted by molar-refractivity contribution is -0.143. The maximum absolute atomic E-state index is 12.5. The van der Waals surface area contributed by atoms with Crippen molar-refractivity contribution in [3.8, 4) is 0 Å². The molecule has 0 saturated heterocycles. The van der Waals surface area contributed by atoms with Gasteiger partial charge in [0.1, 0.15) is 0 Å². The lowest BCUT2D eigenvalue weighted by Crippen LogP contribution is -2.45. The van der Waals surface area contributed by atoms with Gasteiger partial charge in [0.05, 0.1) is 25.4 Å². The van der Waals surface area contributed by atoms with Crippen LogP contribution in [0.25, 0.3) is 0 Å². The van der Waals surface area contributed by atoms with E-state index in [1.807, 2.05) is 6.08 Å². The Hall–Kier alpha value is -1.92. The van der Waals surface area contributed by atoms with E-state index >= 15 is 0 Å². The van der Waals surface area contributed by atoms with Gasteiger partial charge in [-0.3, -0.25) is 9.59 Å². The largest absolute Gasteiger partial charge is 0.466 e. The van der Waals surface area contributed by atoms with Crippen molar-refractivity contribution in [2.24, 2.45) is 0 Å². The van der Waals surface area contributed by atoms with Crippen LogP contribution < -0.4 is 5.32 Å². The summed E-state index contributed by atoms with van der Waals surface area (Å²) in [5.74, 6) is -0.0646. The van der Waals surface area contributed by atoms with Crippen LogP contribution in [0.2, 0.25) is 0 Å². The summed E-state index contributed by atoms with van der Waals surface area (Å²) >= 11 is 0. The molecule has 1 amide bonds. The molecule has 0 aliphatic carbocycles. The Kier molecular flexibility index (Phi) is 66.9. The minimum atomic E-state index is -0.851. The highest BCUT2D eigenvalue weighted by molar-refractivity contribution is 5.76. The Morgan fingerprint density at radius 1 is 0.342 bits per heavy atom. The van der Waals surface area contributed by atoms with Crippen molar-refractivity contribution in [1.82, 2.24) is 5.32 Å². The van der Waals surface area contributed by atoms with E-state index in [1.165, 1.54) is 315 Å². The molecule has 0 aromatic carbocycles. The van der Waals surface area contributed by atoms with Crippen molar-refractivity contribution in [3.63, 3.8) is 0 Å². The number of ether oxygens (including phenoxy) is 1. The van der Waals surface area contributed by atoms with Gasteiger partial charge in [-0.25, -0.2) is 0 Å². The van der Waals surface area contributed by atoms with Crippen molar-refractivity contribution >= 4 is 11.9 Å². The van der Waals surface area contributed by atoms with Crippen LogP contribution in [0.5, 0.6) is 0 Å². The third kappa shape index (κ3) is 65.1. The SMILES string of the molecule is CCCCCCCC/C=C\CCCCCCCCCC(=O)OCCCCCCCCCCCCC/C=C\CCCCCCCCCC(=O)NC(CO)C(O)/C=C/CCCCCCCCCCCCCCCCCCCCCCC. The lowest BCUT2D eigenvalue weighted by atomic mass is 10.0. The van der Waals surface area contributed by atoms with Crippen LogP contribution in [-0.2, 0) is 14.3 Å². The van der Waals surface area contributed by atoms with Gasteiger partial charge < -0.3 is 20.3 Å². The molecule has 466 valence electrons. The minimum Gasteiger partial charge on any atom is -0.466 e. The predicted molar refractivity (Wildman–Crippen MR) is 347 cm³/mol. The lowest BCUT2D eigenvalue weighted by Gasteiger charge is -2.20. The highest BCUT2D eigenvalue weighted by Gasteiger charge is 2.18.